The third kappa shape index (κ3) is 2.58. The number of aliphatic hydroxyl groups excluding tert-OH is 1. The van der Waals surface area contributed by atoms with Gasteiger partial charge in [-0.05, 0) is 6.07 Å². The Kier molecular flexibility index (Phi) is 4.03. The minimum absolute atomic E-state index is 0.112. The summed E-state index contributed by atoms with van der Waals surface area (Å²) in [6.45, 7) is -0.112. The molecule has 1 aliphatic rings. The first-order chi connectivity index (χ1) is 9.79. The van der Waals surface area contributed by atoms with Crippen LogP contribution in [0.2, 0.25) is 5.02 Å². The molecule has 0 saturated carbocycles. The fourth-order valence-corrected chi connectivity index (χ4v) is 2.61. The van der Waals surface area contributed by atoms with Crippen LogP contribution < -0.4 is 0 Å². The van der Waals surface area contributed by atoms with Crippen LogP contribution in [0.1, 0.15) is 23.5 Å². The molecule has 2 aromatic rings. The smallest absolute Gasteiger partial charge is 0.185 e. The summed E-state index contributed by atoms with van der Waals surface area (Å²) >= 11 is 6.20. The zero-order valence-electron chi connectivity index (χ0n) is 10.8. The second kappa shape index (κ2) is 5.94. The normalized spacial score (nSPS) is 25.8. The average Bonchev–Trinajstić information content (AvgIpc) is 2.93. The van der Waals surface area contributed by atoms with Gasteiger partial charge in [-0.1, -0.05) is 60.1 Å². The molecule has 104 valence electrons. The molecule has 0 aliphatic carbocycles. The molecule has 3 atom stereocenters. The standard InChI is InChI=1S/C16H15ClO3/c17-13-9-5-4-8-12(13)15-14(10-18)19-16(20-15)11-6-2-1-3-7-11/h1-9,14-16,18H,10H2/t14-,15?,16?/m1/s1. The van der Waals surface area contributed by atoms with E-state index < -0.39 is 12.4 Å². The Bertz CT molecular complexity index is 573. The Morgan fingerprint density at radius 2 is 1.65 bits per heavy atom. The molecule has 3 nitrogen and oxygen atoms in total. The van der Waals surface area contributed by atoms with E-state index in [1.54, 1.807) is 0 Å². The monoisotopic (exact) mass is 290 g/mol. The lowest BCUT2D eigenvalue weighted by atomic mass is 10.1. The van der Waals surface area contributed by atoms with Crippen LogP contribution in [-0.2, 0) is 9.47 Å². The fraction of sp³-hybridized carbons (Fsp3) is 0.250. The van der Waals surface area contributed by atoms with E-state index in [-0.39, 0.29) is 12.7 Å². The van der Waals surface area contributed by atoms with Crippen molar-refractivity contribution in [3.63, 3.8) is 0 Å². The highest BCUT2D eigenvalue weighted by Crippen LogP contribution is 2.41. The van der Waals surface area contributed by atoms with Gasteiger partial charge in [0.15, 0.2) is 6.29 Å². The Balaban J connectivity index is 1.87. The summed E-state index contributed by atoms with van der Waals surface area (Å²) in [5, 5.41) is 10.1. The number of ether oxygens (including phenoxy) is 2. The molecule has 2 aromatic carbocycles. The Morgan fingerprint density at radius 1 is 0.950 bits per heavy atom. The van der Waals surface area contributed by atoms with Crippen molar-refractivity contribution >= 4 is 11.6 Å². The van der Waals surface area contributed by atoms with E-state index >= 15 is 0 Å². The lowest BCUT2D eigenvalue weighted by molar-refractivity contribution is -0.0739. The van der Waals surface area contributed by atoms with Crippen molar-refractivity contribution in [1.82, 2.24) is 0 Å². The Hall–Kier alpha value is -1.39. The molecule has 3 rings (SSSR count). The van der Waals surface area contributed by atoms with Crippen LogP contribution >= 0.6 is 11.6 Å². The summed E-state index contributed by atoms with van der Waals surface area (Å²) in [6.07, 6.45) is -1.26. The molecule has 1 heterocycles. The highest BCUT2D eigenvalue weighted by Gasteiger charge is 2.38. The first-order valence-corrected chi connectivity index (χ1v) is 6.88. The van der Waals surface area contributed by atoms with Gasteiger partial charge in [-0.15, -0.1) is 0 Å². The molecule has 1 aliphatic heterocycles. The highest BCUT2D eigenvalue weighted by atomic mass is 35.5. The molecule has 1 fully saturated rings. The third-order valence-corrected chi connectivity index (χ3v) is 3.71. The zero-order valence-corrected chi connectivity index (χ0v) is 11.5. The number of rotatable bonds is 3. The summed E-state index contributed by atoms with van der Waals surface area (Å²) < 4.78 is 11.7. The van der Waals surface area contributed by atoms with E-state index in [4.69, 9.17) is 21.1 Å². The maximum atomic E-state index is 9.51. The van der Waals surface area contributed by atoms with Gasteiger partial charge in [0, 0.05) is 16.1 Å². The first-order valence-electron chi connectivity index (χ1n) is 6.50. The number of halogens is 1. The van der Waals surface area contributed by atoms with Gasteiger partial charge in [0.05, 0.1) is 6.61 Å². The van der Waals surface area contributed by atoms with E-state index in [9.17, 15) is 5.11 Å². The highest BCUT2D eigenvalue weighted by molar-refractivity contribution is 6.31. The molecule has 1 saturated heterocycles. The summed E-state index contributed by atoms with van der Waals surface area (Å²) in [6, 6.07) is 17.1. The predicted molar refractivity (Wildman–Crippen MR) is 76.4 cm³/mol. The van der Waals surface area contributed by atoms with Gasteiger partial charge < -0.3 is 14.6 Å². The van der Waals surface area contributed by atoms with Crippen molar-refractivity contribution in [1.29, 1.82) is 0 Å². The van der Waals surface area contributed by atoms with Crippen molar-refractivity contribution < 1.29 is 14.6 Å². The molecule has 2 unspecified atom stereocenters. The van der Waals surface area contributed by atoms with Crippen molar-refractivity contribution in [3.05, 3.63) is 70.7 Å². The Morgan fingerprint density at radius 3 is 2.35 bits per heavy atom. The maximum Gasteiger partial charge on any atom is 0.185 e. The van der Waals surface area contributed by atoms with Gasteiger partial charge in [0.1, 0.15) is 12.2 Å². The topological polar surface area (TPSA) is 38.7 Å². The van der Waals surface area contributed by atoms with Crippen LogP contribution in [0.25, 0.3) is 0 Å². The Labute approximate surface area is 122 Å². The largest absolute Gasteiger partial charge is 0.394 e. The van der Waals surface area contributed by atoms with Gasteiger partial charge in [-0.3, -0.25) is 0 Å². The predicted octanol–water partition coefficient (Wildman–Crippen LogP) is 3.49. The summed E-state index contributed by atoms with van der Waals surface area (Å²) in [4.78, 5) is 0. The van der Waals surface area contributed by atoms with Crippen LogP contribution in [0.15, 0.2) is 54.6 Å². The zero-order chi connectivity index (χ0) is 13.9. The van der Waals surface area contributed by atoms with E-state index in [0.29, 0.717) is 5.02 Å². The quantitative estimate of drug-likeness (QED) is 0.940. The molecule has 20 heavy (non-hydrogen) atoms. The minimum atomic E-state index is -0.477. The molecule has 0 aromatic heterocycles. The molecule has 4 heteroatoms. The molecule has 0 bridgehead atoms. The second-order valence-electron chi connectivity index (χ2n) is 4.68. The summed E-state index contributed by atoms with van der Waals surface area (Å²) in [5.74, 6) is 0. The van der Waals surface area contributed by atoms with Gasteiger partial charge in [-0.2, -0.15) is 0 Å². The van der Waals surface area contributed by atoms with Crippen molar-refractivity contribution in [2.75, 3.05) is 6.61 Å². The number of aliphatic hydroxyl groups is 1. The van der Waals surface area contributed by atoms with Gasteiger partial charge >= 0.3 is 0 Å². The molecule has 0 amide bonds. The molecule has 1 N–H and O–H groups in total. The number of hydrogen-bond donors (Lipinski definition) is 1. The lowest BCUT2D eigenvalue weighted by Gasteiger charge is -2.15. The fourth-order valence-electron chi connectivity index (χ4n) is 2.37. The van der Waals surface area contributed by atoms with Gasteiger partial charge in [0.2, 0.25) is 0 Å². The summed E-state index contributed by atoms with van der Waals surface area (Å²) in [5.41, 5.74) is 1.77. The van der Waals surface area contributed by atoms with Crippen LogP contribution in [0, 0.1) is 0 Å². The molecule has 0 spiro atoms. The van der Waals surface area contributed by atoms with Crippen molar-refractivity contribution in [2.24, 2.45) is 0 Å². The van der Waals surface area contributed by atoms with Crippen molar-refractivity contribution in [3.8, 4) is 0 Å². The van der Waals surface area contributed by atoms with E-state index in [0.717, 1.165) is 11.1 Å². The molecular weight excluding hydrogens is 276 g/mol. The molecule has 0 radical (unpaired) electrons. The van der Waals surface area contributed by atoms with Crippen LogP contribution in [0.3, 0.4) is 0 Å². The van der Waals surface area contributed by atoms with E-state index in [2.05, 4.69) is 0 Å². The minimum Gasteiger partial charge on any atom is -0.394 e. The number of benzene rings is 2. The number of hydrogen-bond acceptors (Lipinski definition) is 3. The SMILES string of the molecule is OC[C@H]1OC(c2ccccc2)OC1c1ccccc1Cl. The van der Waals surface area contributed by atoms with Crippen LogP contribution in [0.4, 0.5) is 0 Å². The van der Waals surface area contributed by atoms with Crippen LogP contribution in [-0.4, -0.2) is 17.8 Å². The average molecular weight is 291 g/mol. The van der Waals surface area contributed by atoms with Gasteiger partial charge in [0.25, 0.3) is 0 Å². The van der Waals surface area contributed by atoms with Gasteiger partial charge in [-0.25, -0.2) is 0 Å². The first kappa shape index (κ1) is 13.6. The van der Waals surface area contributed by atoms with Crippen LogP contribution in [0.5, 0.6) is 0 Å². The third-order valence-electron chi connectivity index (χ3n) is 3.37. The second-order valence-corrected chi connectivity index (χ2v) is 5.09. The maximum absolute atomic E-state index is 9.51. The lowest BCUT2D eigenvalue weighted by Crippen LogP contribution is -2.19. The van der Waals surface area contributed by atoms with Crippen molar-refractivity contribution in [2.45, 2.75) is 18.5 Å². The summed E-state index contributed by atoms with van der Waals surface area (Å²) in [7, 11) is 0. The van der Waals surface area contributed by atoms with E-state index in [1.807, 2.05) is 54.6 Å². The van der Waals surface area contributed by atoms with E-state index in [1.165, 1.54) is 0 Å². The molecular formula is C16H15ClO3.